The van der Waals surface area contributed by atoms with Crippen LogP contribution < -0.4 is 0 Å². The molecule has 0 amide bonds. The van der Waals surface area contributed by atoms with E-state index in [2.05, 4.69) is 61.1 Å². The molecular formula is C68H130N4O14S2. The molecule has 88 heavy (non-hydrogen) atoms. The van der Waals surface area contributed by atoms with Gasteiger partial charge in [0.05, 0.1) is 50.8 Å². The van der Waals surface area contributed by atoms with Gasteiger partial charge < -0.3 is 44.1 Å². The predicted molar refractivity (Wildman–Crippen MR) is 358 cm³/mol. The number of carbonyl (C=O) groups excluding carboxylic acids is 5. The molecule has 0 saturated carbocycles. The molecule has 0 aliphatic carbocycles. The minimum Gasteiger partial charge on any atom is -0.466 e. The van der Waals surface area contributed by atoms with Gasteiger partial charge >= 0.3 is 29.8 Å². The first-order valence-corrected chi connectivity index (χ1v) is 37.8. The smallest absolute Gasteiger partial charge is 0.305 e. The average molecular weight is 1290 g/mol. The van der Waals surface area contributed by atoms with Crippen LogP contribution in [0.3, 0.4) is 0 Å². The molecule has 0 aromatic rings. The van der Waals surface area contributed by atoms with E-state index in [4.69, 9.17) is 23.7 Å². The molecule has 1 saturated heterocycles. The number of aliphatic hydroxyl groups is 4. The third-order valence-electron chi connectivity index (χ3n) is 16.9. The van der Waals surface area contributed by atoms with Gasteiger partial charge in [-0.25, -0.2) is 0 Å². The first kappa shape index (κ1) is 83.7. The Labute approximate surface area is 542 Å². The molecule has 0 aromatic carbocycles. The van der Waals surface area contributed by atoms with Gasteiger partial charge in [0, 0.05) is 109 Å². The lowest BCUT2D eigenvalue weighted by Crippen LogP contribution is -2.47. The molecule has 4 N–H and O–H groups in total. The van der Waals surface area contributed by atoms with Crippen molar-refractivity contribution in [3.05, 3.63) is 0 Å². The minimum atomic E-state index is -0.570. The first-order chi connectivity index (χ1) is 42.6. The van der Waals surface area contributed by atoms with Gasteiger partial charge in [0.15, 0.2) is 0 Å². The van der Waals surface area contributed by atoms with E-state index in [-0.39, 0.29) is 36.3 Å². The van der Waals surface area contributed by atoms with Crippen molar-refractivity contribution in [3.8, 4) is 0 Å². The van der Waals surface area contributed by atoms with Gasteiger partial charge in [0.25, 0.3) is 0 Å². The standard InChI is InChI=1S/C68H130N4O14S2/c1-7-13-47-82-64(77)36-25-23-32-62(75)52-71(53-63(76)33-24-26-37-65(78)83-48-14-8-2)39-27-28-50-87-88-51-46-70-43-41-69(42-44-70)45-49-84-66(79)38-29-40-72(54-60(73)30-19-15-17-21-34-67(80)85-56-58(9-3)10-4)55-61(74)31-20-16-18-22-35-68(81)86-57-59(11-5)12-6/h58-63,73-76H,7-57H2,1-6H3. The molecule has 1 rings (SSSR count). The summed E-state index contributed by atoms with van der Waals surface area (Å²) in [6.45, 7) is 23.5. The van der Waals surface area contributed by atoms with Gasteiger partial charge in [-0.3, -0.25) is 43.6 Å². The Hall–Kier alpha value is -2.27. The fourth-order valence-corrected chi connectivity index (χ4v) is 12.8. The zero-order chi connectivity index (χ0) is 64.7. The van der Waals surface area contributed by atoms with Gasteiger partial charge in [0.1, 0.15) is 6.61 Å². The second-order valence-corrected chi connectivity index (χ2v) is 27.5. The van der Waals surface area contributed by atoms with Gasteiger partial charge in [-0.15, -0.1) is 0 Å². The van der Waals surface area contributed by atoms with Crippen molar-refractivity contribution in [2.24, 2.45) is 11.8 Å². The molecule has 0 bridgehead atoms. The van der Waals surface area contributed by atoms with Gasteiger partial charge in [0.2, 0.25) is 0 Å². The van der Waals surface area contributed by atoms with E-state index < -0.39 is 24.4 Å². The number of ether oxygens (including phenoxy) is 5. The highest BCUT2D eigenvalue weighted by atomic mass is 33.1. The molecule has 4 unspecified atom stereocenters. The van der Waals surface area contributed by atoms with Crippen LogP contribution >= 0.6 is 21.6 Å². The maximum Gasteiger partial charge on any atom is 0.305 e. The Morgan fingerprint density at radius 2 is 0.705 bits per heavy atom. The van der Waals surface area contributed by atoms with Crippen LogP contribution in [0.1, 0.15) is 247 Å². The zero-order valence-corrected chi connectivity index (χ0v) is 58.1. The van der Waals surface area contributed by atoms with Gasteiger partial charge in [-0.2, -0.15) is 0 Å². The molecule has 20 heteroatoms. The summed E-state index contributed by atoms with van der Waals surface area (Å²) in [6, 6.07) is 0. The van der Waals surface area contributed by atoms with E-state index in [0.717, 1.165) is 179 Å². The summed E-state index contributed by atoms with van der Waals surface area (Å²) in [6.07, 6.45) is 22.0. The molecular weight excluding hydrogens is 1160 g/mol. The fourth-order valence-electron chi connectivity index (χ4n) is 10.6. The molecule has 0 spiro atoms. The van der Waals surface area contributed by atoms with Crippen LogP contribution in [-0.2, 0) is 47.7 Å². The second-order valence-electron chi connectivity index (χ2n) is 24.8. The Balaban J connectivity index is 2.46. The number of rotatable bonds is 62. The third kappa shape index (κ3) is 50.3. The number of piperazine rings is 1. The topological polar surface area (TPSA) is 225 Å². The summed E-state index contributed by atoms with van der Waals surface area (Å²) in [5.74, 6) is 2.05. The Morgan fingerprint density at radius 3 is 1.11 bits per heavy atom. The summed E-state index contributed by atoms with van der Waals surface area (Å²) in [5, 5.41) is 44.1. The molecule has 4 atom stereocenters. The van der Waals surface area contributed by atoms with Crippen molar-refractivity contribution in [2.75, 3.05) is 123 Å². The van der Waals surface area contributed by atoms with E-state index >= 15 is 0 Å². The molecule has 18 nitrogen and oxygen atoms in total. The normalized spacial score (nSPS) is 14.6. The molecule has 1 aliphatic rings. The van der Waals surface area contributed by atoms with Gasteiger partial charge in [-0.05, 0) is 108 Å². The second kappa shape index (κ2) is 58.5. The van der Waals surface area contributed by atoms with Gasteiger partial charge in [-0.1, -0.05) is 153 Å². The molecule has 0 aromatic heterocycles. The number of nitrogens with zero attached hydrogens (tertiary/aromatic N) is 4. The zero-order valence-electron chi connectivity index (χ0n) is 56.5. The quantitative estimate of drug-likeness (QED) is 0.0192. The Morgan fingerprint density at radius 1 is 0.375 bits per heavy atom. The summed E-state index contributed by atoms with van der Waals surface area (Å²) >= 11 is 0. The summed E-state index contributed by atoms with van der Waals surface area (Å²) in [5.41, 5.74) is 0. The van der Waals surface area contributed by atoms with Crippen molar-refractivity contribution >= 4 is 51.4 Å². The van der Waals surface area contributed by atoms with Crippen molar-refractivity contribution in [1.29, 1.82) is 0 Å². The number of aliphatic hydroxyl groups excluding tert-OH is 4. The lowest BCUT2D eigenvalue weighted by Gasteiger charge is -2.34. The molecule has 0 radical (unpaired) electrons. The lowest BCUT2D eigenvalue weighted by atomic mass is 10.1. The predicted octanol–water partition coefficient (Wildman–Crippen LogP) is 11.6. The third-order valence-corrected chi connectivity index (χ3v) is 19.3. The number of hydrogen-bond donors (Lipinski definition) is 4. The minimum absolute atomic E-state index is 0.132. The van der Waals surface area contributed by atoms with Crippen molar-refractivity contribution in [2.45, 2.75) is 271 Å². The van der Waals surface area contributed by atoms with E-state index in [9.17, 15) is 44.4 Å². The van der Waals surface area contributed by atoms with Crippen molar-refractivity contribution < 1.29 is 68.1 Å². The maximum absolute atomic E-state index is 12.9. The summed E-state index contributed by atoms with van der Waals surface area (Å²) < 4.78 is 27.2. The maximum atomic E-state index is 12.9. The van der Waals surface area contributed by atoms with Crippen molar-refractivity contribution in [3.63, 3.8) is 0 Å². The highest BCUT2D eigenvalue weighted by Gasteiger charge is 2.21. The van der Waals surface area contributed by atoms with Crippen LogP contribution in [0.25, 0.3) is 0 Å². The number of esters is 5. The number of carbonyl (C=O) groups is 5. The summed E-state index contributed by atoms with van der Waals surface area (Å²) in [7, 11) is 3.80. The number of hydrogen-bond acceptors (Lipinski definition) is 20. The molecule has 1 fully saturated rings. The highest BCUT2D eigenvalue weighted by Crippen LogP contribution is 2.23. The first-order valence-electron chi connectivity index (χ1n) is 35.3. The Bertz CT molecular complexity index is 1590. The van der Waals surface area contributed by atoms with E-state index in [1.807, 2.05) is 21.6 Å². The SMILES string of the molecule is CCCCOC(=O)CCCCC(O)CN(CCCCSSCCN1CCN(CCOC(=O)CCCN(CC(O)CCCCCCC(=O)OCC(CC)CC)CC(O)CCCCCCC(=O)OCC(CC)CC)CC1)CC(O)CCCCC(=O)OCCCC. The largest absolute Gasteiger partial charge is 0.466 e. The lowest BCUT2D eigenvalue weighted by molar-refractivity contribution is -0.146. The van der Waals surface area contributed by atoms with Crippen LogP contribution in [0.15, 0.2) is 0 Å². The van der Waals surface area contributed by atoms with Crippen LogP contribution in [-0.4, -0.2) is 217 Å². The monoisotopic (exact) mass is 1290 g/mol. The fraction of sp³-hybridized carbons (Fsp3) is 0.926. The molecule has 1 heterocycles. The van der Waals surface area contributed by atoms with E-state index in [1.54, 1.807) is 0 Å². The van der Waals surface area contributed by atoms with Crippen molar-refractivity contribution in [1.82, 2.24) is 19.6 Å². The van der Waals surface area contributed by atoms with Crippen LogP contribution in [0.4, 0.5) is 0 Å². The highest BCUT2D eigenvalue weighted by molar-refractivity contribution is 8.76. The number of unbranched alkanes of at least 4 members (excludes halogenated alkanes) is 11. The van der Waals surface area contributed by atoms with E-state index in [1.165, 1.54) is 0 Å². The molecule has 518 valence electrons. The van der Waals surface area contributed by atoms with Crippen LogP contribution in [0.5, 0.6) is 0 Å². The van der Waals surface area contributed by atoms with Crippen LogP contribution in [0, 0.1) is 11.8 Å². The van der Waals surface area contributed by atoms with E-state index in [0.29, 0.717) is 155 Å². The Kier molecular flexibility index (Phi) is 55.7. The average Bonchev–Trinajstić information content (AvgIpc) is 3.67. The van der Waals surface area contributed by atoms with Crippen LogP contribution in [0.2, 0.25) is 0 Å². The summed E-state index contributed by atoms with van der Waals surface area (Å²) in [4.78, 5) is 70.4. The molecule has 1 aliphatic heterocycles.